The number of Topliss-reactive ketones (excluding diaryl/α,β-unsaturated/α-hetero) is 1. The summed E-state index contributed by atoms with van der Waals surface area (Å²) in [6, 6.07) is 0. The molecule has 0 aliphatic rings. The number of carbonyl (C=O) groups excluding carboxylic acids is 1. The molecule has 1 N–H and O–H groups in total. The minimum absolute atomic E-state index is 0.173. The first-order chi connectivity index (χ1) is 4.68. The fourth-order valence-electron chi connectivity index (χ4n) is 0.639. The van der Waals surface area contributed by atoms with Crippen LogP contribution >= 0.6 is 0 Å². The molecule has 0 aromatic rings. The van der Waals surface area contributed by atoms with E-state index in [1.807, 2.05) is 6.92 Å². The van der Waals surface area contributed by atoms with Crippen molar-refractivity contribution in [2.24, 2.45) is 5.92 Å². The van der Waals surface area contributed by atoms with E-state index in [1.54, 1.807) is 6.92 Å². The van der Waals surface area contributed by atoms with Crippen molar-refractivity contribution >= 4 is 5.78 Å². The first-order valence-corrected chi connectivity index (χ1v) is 3.89. The van der Waals surface area contributed by atoms with E-state index in [2.05, 4.69) is 12.2 Å². The summed E-state index contributed by atoms with van der Waals surface area (Å²) in [6.45, 7) is 7.54. The molecule has 60 valence electrons. The van der Waals surface area contributed by atoms with Crippen molar-refractivity contribution < 1.29 is 4.79 Å². The van der Waals surface area contributed by atoms with Gasteiger partial charge >= 0.3 is 0 Å². The summed E-state index contributed by atoms with van der Waals surface area (Å²) >= 11 is 0. The predicted octanol–water partition coefficient (Wildman–Crippen LogP) is 1.21. The third-order valence-corrected chi connectivity index (χ3v) is 1.57. The van der Waals surface area contributed by atoms with Gasteiger partial charge in [-0.25, -0.2) is 0 Å². The van der Waals surface area contributed by atoms with Crippen LogP contribution in [0.25, 0.3) is 0 Å². The topological polar surface area (TPSA) is 29.1 Å². The van der Waals surface area contributed by atoms with Crippen molar-refractivity contribution in [3.05, 3.63) is 0 Å². The Balaban J connectivity index is 3.21. The normalized spacial score (nSPS) is 13.1. The highest BCUT2D eigenvalue weighted by Gasteiger charge is 2.04. The molecule has 0 bridgehead atoms. The Labute approximate surface area is 63.0 Å². The maximum absolute atomic E-state index is 10.7. The van der Waals surface area contributed by atoms with Gasteiger partial charge in [-0.3, -0.25) is 4.79 Å². The van der Waals surface area contributed by atoms with Gasteiger partial charge in [0.2, 0.25) is 0 Å². The van der Waals surface area contributed by atoms with E-state index in [0.717, 1.165) is 19.5 Å². The molecule has 0 rings (SSSR count). The number of hydrogen-bond acceptors (Lipinski definition) is 2. The minimum Gasteiger partial charge on any atom is -0.316 e. The van der Waals surface area contributed by atoms with Crippen LogP contribution in [-0.2, 0) is 4.79 Å². The van der Waals surface area contributed by atoms with Crippen LogP contribution in [0.2, 0.25) is 0 Å². The van der Waals surface area contributed by atoms with Gasteiger partial charge in [0.1, 0.15) is 5.78 Å². The number of hydrogen-bond donors (Lipinski definition) is 1. The second kappa shape index (κ2) is 5.42. The third-order valence-electron chi connectivity index (χ3n) is 1.57. The van der Waals surface area contributed by atoms with Gasteiger partial charge in [0.05, 0.1) is 0 Å². The lowest BCUT2D eigenvalue weighted by molar-refractivity contribution is -0.120. The molecule has 0 saturated heterocycles. The largest absolute Gasteiger partial charge is 0.316 e. The zero-order chi connectivity index (χ0) is 7.98. The van der Waals surface area contributed by atoms with E-state index in [0.29, 0.717) is 0 Å². The number of ketones is 1. The van der Waals surface area contributed by atoms with Gasteiger partial charge < -0.3 is 5.32 Å². The van der Waals surface area contributed by atoms with Crippen molar-refractivity contribution in [3.8, 4) is 0 Å². The Hall–Kier alpha value is -0.370. The summed E-state index contributed by atoms with van der Waals surface area (Å²) in [5, 5.41) is 3.20. The first-order valence-electron chi connectivity index (χ1n) is 3.89. The van der Waals surface area contributed by atoms with Crippen LogP contribution in [-0.4, -0.2) is 18.9 Å². The average Bonchev–Trinajstić information content (AvgIpc) is 1.88. The number of rotatable bonds is 5. The summed E-state index contributed by atoms with van der Waals surface area (Å²) in [5.74, 6) is 0.440. The molecule has 0 spiro atoms. The van der Waals surface area contributed by atoms with E-state index in [1.165, 1.54) is 0 Å². The van der Waals surface area contributed by atoms with Gasteiger partial charge in [0.15, 0.2) is 0 Å². The SMILES string of the molecule is CCCNCC(C)C(C)=O. The standard InChI is InChI=1S/C8H17NO/c1-4-5-9-6-7(2)8(3)10/h7,9H,4-6H2,1-3H3. The average molecular weight is 143 g/mol. The monoisotopic (exact) mass is 143 g/mol. The van der Waals surface area contributed by atoms with Crippen LogP contribution in [0.5, 0.6) is 0 Å². The molecule has 1 unspecified atom stereocenters. The molecule has 0 aliphatic heterocycles. The maximum Gasteiger partial charge on any atom is 0.133 e. The van der Waals surface area contributed by atoms with Crippen LogP contribution in [0.4, 0.5) is 0 Å². The third kappa shape index (κ3) is 4.50. The van der Waals surface area contributed by atoms with Gasteiger partial charge in [0, 0.05) is 12.5 Å². The van der Waals surface area contributed by atoms with Crippen molar-refractivity contribution in [2.75, 3.05) is 13.1 Å². The molecule has 0 heterocycles. The molecular weight excluding hydrogens is 126 g/mol. The van der Waals surface area contributed by atoms with Crippen molar-refractivity contribution in [1.82, 2.24) is 5.32 Å². The maximum atomic E-state index is 10.7. The zero-order valence-corrected chi connectivity index (χ0v) is 7.11. The lowest BCUT2D eigenvalue weighted by Gasteiger charge is -2.07. The predicted molar refractivity (Wildman–Crippen MR) is 43.0 cm³/mol. The summed E-state index contributed by atoms with van der Waals surface area (Å²) < 4.78 is 0. The Morgan fingerprint density at radius 1 is 1.60 bits per heavy atom. The Morgan fingerprint density at radius 3 is 2.60 bits per heavy atom. The van der Waals surface area contributed by atoms with Crippen molar-refractivity contribution in [2.45, 2.75) is 27.2 Å². The molecular formula is C8H17NO. The van der Waals surface area contributed by atoms with Gasteiger partial charge in [-0.15, -0.1) is 0 Å². The lowest BCUT2D eigenvalue weighted by atomic mass is 10.1. The molecule has 2 nitrogen and oxygen atoms in total. The Morgan fingerprint density at radius 2 is 2.20 bits per heavy atom. The molecule has 1 atom stereocenters. The van der Waals surface area contributed by atoms with Crippen molar-refractivity contribution in [1.29, 1.82) is 0 Å². The fourth-order valence-corrected chi connectivity index (χ4v) is 0.639. The number of carbonyl (C=O) groups is 1. The summed E-state index contributed by atoms with van der Waals surface area (Å²) in [4.78, 5) is 10.7. The Kier molecular flexibility index (Phi) is 5.22. The van der Waals surface area contributed by atoms with Gasteiger partial charge in [0.25, 0.3) is 0 Å². The molecule has 0 amide bonds. The molecule has 10 heavy (non-hydrogen) atoms. The first kappa shape index (κ1) is 9.63. The summed E-state index contributed by atoms with van der Waals surface area (Å²) in [6.07, 6.45) is 1.13. The Bertz CT molecular complexity index is 101. The van der Waals surface area contributed by atoms with E-state index >= 15 is 0 Å². The van der Waals surface area contributed by atoms with Gasteiger partial charge in [-0.1, -0.05) is 13.8 Å². The lowest BCUT2D eigenvalue weighted by Crippen LogP contribution is -2.25. The van der Waals surface area contributed by atoms with Gasteiger partial charge in [-0.05, 0) is 19.9 Å². The smallest absolute Gasteiger partial charge is 0.133 e. The van der Waals surface area contributed by atoms with E-state index in [4.69, 9.17) is 0 Å². The molecule has 0 saturated carbocycles. The molecule has 2 heteroatoms. The van der Waals surface area contributed by atoms with Crippen LogP contribution in [0.3, 0.4) is 0 Å². The van der Waals surface area contributed by atoms with Crippen LogP contribution in [0.15, 0.2) is 0 Å². The quantitative estimate of drug-likeness (QED) is 0.586. The van der Waals surface area contributed by atoms with Crippen LogP contribution in [0, 0.1) is 5.92 Å². The van der Waals surface area contributed by atoms with Crippen molar-refractivity contribution in [3.63, 3.8) is 0 Å². The molecule has 0 aliphatic carbocycles. The van der Waals surface area contributed by atoms with E-state index < -0.39 is 0 Å². The minimum atomic E-state index is 0.173. The molecule has 0 radical (unpaired) electrons. The second-order valence-corrected chi connectivity index (χ2v) is 2.72. The molecule has 0 fully saturated rings. The molecule has 0 aromatic heterocycles. The van der Waals surface area contributed by atoms with E-state index in [-0.39, 0.29) is 11.7 Å². The van der Waals surface area contributed by atoms with Crippen LogP contribution < -0.4 is 5.32 Å². The number of nitrogens with one attached hydrogen (secondary N) is 1. The zero-order valence-electron chi connectivity index (χ0n) is 7.11. The highest BCUT2D eigenvalue weighted by Crippen LogP contribution is 1.92. The summed E-state index contributed by atoms with van der Waals surface area (Å²) in [7, 11) is 0. The summed E-state index contributed by atoms with van der Waals surface area (Å²) in [5.41, 5.74) is 0. The molecule has 0 aromatic carbocycles. The van der Waals surface area contributed by atoms with E-state index in [9.17, 15) is 4.79 Å². The fraction of sp³-hybridized carbons (Fsp3) is 0.875. The van der Waals surface area contributed by atoms with Gasteiger partial charge in [-0.2, -0.15) is 0 Å². The highest BCUT2D eigenvalue weighted by atomic mass is 16.1. The second-order valence-electron chi connectivity index (χ2n) is 2.72. The van der Waals surface area contributed by atoms with Crippen LogP contribution in [0.1, 0.15) is 27.2 Å². The highest BCUT2D eigenvalue weighted by molar-refractivity contribution is 5.78.